The number of halogens is 1. The van der Waals surface area contributed by atoms with Crippen LogP contribution < -0.4 is 0 Å². The molecule has 1 heteroatoms. The Labute approximate surface area is 118 Å². The van der Waals surface area contributed by atoms with Crippen molar-refractivity contribution in [2.75, 3.05) is 5.88 Å². The summed E-state index contributed by atoms with van der Waals surface area (Å²) >= 11 is 6.18. The van der Waals surface area contributed by atoms with Crippen molar-refractivity contribution in [3.63, 3.8) is 0 Å². The fourth-order valence-electron chi connectivity index (χ4n) is 2.51. The summed E-state index contributed by atoms with van der Waals surface area (Å²) in [6.07, 6.45) is 6.52. The van der Waals surface area contributed by atoms with Crippen molar-refractivity contribution in [1.29, 1.82) is 0 Å². The van der Waals surface area contributed by atoms with Crippen LogP contribution in [0, 0.1) is 12.8 Å². The Morgan fingerprint density at radius 1 is 1.11 bits per heavy atom. The Hall–Kier alpha value is -0.490. The van der Waals surface area contributed by atoms with Crippen molar-refractivity contribution in [3.05, 3.63) is 35.4 Å². The van der Waals surface area contributed by atoms with Crippen LogP contribution >= 0.6 is 11.6 Å². The van der Waals surface area contributed by atoms with Gasteiger partial charge in [0.2, 0.25) is 0 Å². The van der Waals surface area contributed by atoms with Crippen LogP contribution in [-0.2, 0) is 0 Å². The molecule has 0 heterocycles. The molecule has 0 saturated carbocycles. The molecular weight excluding hydrogens is 240 g/mol. The Morgan fingerprint density at radius 3 is 2.28 bits per heavy atom. The molecule has 0 aliphatic carbocycles. The fourth-order valence-corrected chi connectivity index (χ4v) is 2.81. The predicted octanol–water partition coefficient (Wildman–Crippen LogP) is 5.92. The van der Waals surface area contributed by atoms with Crippen molar-refractivity contribution in [2.45, 2.75) is 58.8 Å². The maximum absolute atomic E-state index is 6.18. The molecule has 1 aromatic rings. The molecule has 18 heavy (non-hydrogen) atoms. The first-order valence-electron chi connectivity index (χ1n) is 7.33. The third kappa shape index (κ3) is 5.02. The van der Waals surface area contributed by atoms with Gasteiger partial charge in [0.1, 0.15) is 0 Å². The van der Waals surface area contributed by atoms with E-state index in [1.54, 1.807) is 0 Å². The number of hydrogen-bond acceptors (Lipinski definition) is 0. The van der Waals surface area contributed by atoms with Crippen LogP contribution in [-0.4, -0.2) is 5.88 Å². The molecule has 2 atom stereocenters. The van der Waals surface area contributed by atoms with Crippen molar-refractivity contribution in [3.8, 4) is 0 Å². The minimum atomic E-state index is 0.522. The Balaban J connectivity index is 2.62. The van der Waals surface area contributed by atoms with Gasteiger partial charge in [-0.3, -0.25) is 0 Å². The molecule has 0 spiro atoms. The summed E-state index contributed by atoms with van der Waals surface area (Å²) < 4.78 is 0. The van der Waals surface area contributed by atoms with Crippen LogP contribution in [0.15, 0.2) is 24.3 Å². The molecule has 1 aromatic carbocycles. The molecule has 102 valence electrons. The number of rotatable bonds is 8. The van der Waals surface area contributed by atoms with Gasteiger partial charge in [0.05, 0.1) is 0 Å². The van der Waals surface area contributed by atoms with E-state index in [0.29, 0.717) is 5.92 Å². The molecule has 0 bridgehead atoms. The van der Waals surface area contributed by atoms with Gasteiger partial charge in [-0.05, 0) is 30.7 Å². The standard InChI is InChI=1S/C17H27Cl/c1-4-6-7-15(5-2)12-17(13-18)16-10-8-14(3)9-11-16/h8-11,15,17H,4-7,12-13H2,1-3H3. The summed E-state index contributed by atoms with van der Waals surface area (Å²) in [7, 11) is 0. The molecule has 0 amide bonds. The van der Waals surface area contributed by atoms with Crippen LogP contribution in [0.1, 0.15) is 63.0 Å². The van der Waals surface area contributed by atoms with E-state index in [0.717, 1.165) is 11.8 Å². The Bertz CT molecular complexity index is 315. The second-order valence-electron chi connectivity index (χ2n) is 5.41. The maximum Gasteiger partial charge on any atom is 0.0292 e. The SMILES string of the molecule is CCCCC(CC)CC(CCl)c1ccc(C)cc1. The van der Waals surface area contributed by atoms with Crippen LogP contribution in [0.5, 0.6) is 0 Å². The van der Waals surface area contributed by atoms with E-state index >= 15 is 0 Å². The molecule has 0 saturated heterocycles. The third-order valence-electron chi connectivity index (χ3n) is 3.90. The van der Waals surface area contributed by atoms with Crippen molar-refractivity contribution in [1.82, 2.24) is 0 Å². The molecule has 0 fully saturated rings. The molecule has 1 rings (SSSR count). The zero-order chi connectivity index (χ0) is 13.4. The number of alkyl halides is 1. The average Bonchev–Trinajstić information content (AvgIpc) is 2.40. The van der Waals surface area contributed by atoms with Crippen molar-refractivity contribution < 1.29 is 0 Å². The highest BCUT2D eigenvalue weighted by Gasteiger charge is 2.16. The minimum absolute atomic E-state index is 0.522. The maximum atomic E-state index is 6.18. The smallest absolute Gasteiger partial charge is 0.0292 e. The lowest BCUT2D eigenvalue weighted by molar-refractivity contribution is 0.396. The monoisotopic (exact) mass is 266 g/mol. The van der Waals surface area contributed by atoms with Crippen molar-refractivity contribution >= 4 is 11.6 Å². The fraction of sp³-hybridized carbons (Fsp3) is 0.647. The molecule has 0 N–H and O–H groups in total. The van der Waals surface area contributed by atoms with E-state index in [2.05, 4.69) is 45.0 Å². The van der Waals surface area contributed by atoms with E-state index < -0.39 is 0 Å². The average molecular weight is 267 g/mol. The lowest BCUT2D eigenvalue weighted by atomic mass is 9.86. The summed E-state index contributed by atoms with van der Waals surface area (Å²) in [4.78, 5) is 0. The number of benzene rings is 1. The van der Waals surface area contributed by atoms with Gasteiger partial charge >= 0.3 is 0 Å². The lowest BCUT2D eigenvalue weighted by Gasteiger charge is -2.21. The van der Waals surface area contributed by atoms with Gasteiger partial charge in [-0.15, -0.1) is 11.6 Å². The van der Waals surface area contributed by atoms with E-state index in [9.17, 15) is 0 Å². The predicted molar refractivity (Wildman–Crippen MR) is 82.6 cm³/mol. The van der Waals surface area contributed by atoms with Gasteiger partial charge in [0, 0.05) is 5.88 Å². The minimum Gasteiger partial charge on any atom is -0.126 e. The highest BCUT2D eigenvalue weighted by Crippen LogP contribution is 2.29. The second kappa shape index (κ2) is 8.58. The molecule has 0 nitrogen and oxygen atoms in total. The van der Waals surface area contributed by atoms with E-state index in [4.69, 9.17) is 11.6 Å². The van der Waals surface area contributed by atoms with Crippen LogP contribution in [0.2, 0.25) is 0 Å². The summed E-state index contributed by atoms with van der Waals surface area (Å²) in [5.41, 5.74) is 2.73. The molecule has 0 aromatic heterocycles. The molecular formula is C17H27Cl. The second-order valence-corrected chi connectivity index (χ2v) is 5.72. The summed E-state index contributed by atoms with van der Waals surface area (Å²) in [5.74, 6) is 2.09. The first kappa shape index (κ1) is 15.6. The molecule has 2 unspecified atom stereocenters. The molecule has 0 aliphatic heterocycles. The summed E-state index contributed by atoms with van der Waals surface area (Å²) in [5, 5.41) is 0. The van der Waals surface area contributed by atoms with Gasteiger partial charge in [-0.25, -0.2) is 0 Å². The quantitative estimate of drug-likeness (QED) is 0.512. The molecule has 0 radical (unpaired) electrons. The van der Waals surface area contributed by atoms with Gasteiger partial charge in [0.15, 0.2) is 0 Å². The normalized spacial score (nSPS) is 14.4. The van der Waals surface area contributed by atoms with Crippen molar-refractivity contribution in [2.24, 2.45) is 5.92 Å². The highest BCUT2D eigenvalue weighted by atomic mass is 35.5. The largest absolute Gasteiger partial charge is 0.126 e. The van der Waals surface area contributed by atoms with E-state index in [1.807, 2.05) is 0 Å². The topological polar surface area (TPSA) is 0 Å². The van der Waals surface area contributed by atoms with Gasteiger partial charge < -0.3 is 0 Å². The zero-order valence-electron chi connectivity index (χ0n) is 12.1. The van der Waals surface area contributed by atoms with E-state index in [1.165, 1.54) is 43.2 Å². The number of unbranched alkanes of at least 4 members (excludes halogenated alkanes) is 1. The summed E-state index contributed by atoms with van der Waals surface area (Å²) in [6, 6.07) is 8.88. The highest BCUT2D eigenvalue weighted by molar-refractivity contribution is 6.18. The van der Waals surface area contributed by atoms with Gasteiger partial charge in [-0.2, -0.15) is 0 Å². The van der Waals surface area contributed by atoms with Crippen LogP contribution in [0.4, 0.5) is 0 Å². The first-order valence-corrected chi connectivity index (χ1v) is 7.87. The zero-order valence-corrected chi connectivity index (χ0v) is 12.8. The first-order chi connectivity index (χ1) is 8.71. The molecule has 0 aliphatic rings. The third-order valence-corrected chi connectivity index (χ3v) is 4.27. The Kier molecular flexibility index (Phi) is 7.42. The van der Waals surface area contributed by atoms with E-state index in [-0.39, 0.29) is 0 Å². The summed E-state index contributed by atoms with van der Waals surface area (Å²) in [6.45, 7) is 6.71. The number of hydrogen-bond donors (Lipinski definition) is 0. The van der Waals surface area contributed by atoms with Crippen LogP contribution in [0.3, 0.4) is 0 Å². The van der Waals surface area contributed by atoms with Gasteiger partial charge in [0.25, 0.3) is 0 Å². The van der Waals surface area contributed by atoms with Gasteiger partial charge in [-0.1, -0.05) is 69.4 Å². The number of aryl methyl sites for hydroxylation is 1. The Morgan fingerprint density at radius 2 is 1.78 bits per heavy atom. The lowest BCUT2D eigenvalue weighted by Crippen LogP contribution is -2.09. The van der Waals surface area contributed by atoms with Crippen LogP contribution in [0.25, 0.3) is 0 Å².